The van der Waals surface area contributed by atoms with E-state index in [4.69, 9.17) is 14.2 Å². The highest BCUT2D eigenvalue weighted by molar-refractivity contribution is 5.70. The Morgan fingerprint density at radius 2 is 0.676 bits per heavy atom. The monoisotopic (exact) mass is 947 g/mol. The van der Waals surface area contributed by atoms with E-state index in [1.165, 1.54) is 161 Å². The van der Waals surface area contributed by atoms with E-state index in [1.807, 2.05) is 0 Å². The molecule has 0 saturated heterocycles. The van der Waals surface area contributed by atoms with Crippen LogP contribution in [0.1, 0.15) is 278 Å². The summed E-state index contributed by atoms with van der Waals surface area (Å²) in [5, 5.41) is 0. The van der Waals surface area contributed by atoms with E-state index in [-0.39, 0.29) is 25.2 Å². The minimum atomic E-state index is -0.566. The zero-order chi connectivity index (χ0) is 49.2. The standard InChI is InChI=1S/C63H110O5/c1-4-7-10-13-16-19-22-25-28-31-34-37-40-43-46-49-52-55-58-66-59-61(68-63(65)57-54-51-48-45-42-39-36-33-30-27-24-21-18-15-12-9-6-3)60-67-62(64)56-53-50-47-44-41-38-35-32-29-26-23-20-17-14-11-8-5-2/h8,11,17-18,20-21,26-27,29-30,35,38,44,47,61H,4-7,9-10,12-16,19,22-25,28,31-34,36-37,39-43,45-46,48-60H2,1-3H3/b11-8-,20-17-,21-18-,29-26-,30-27-,38-35-,47-44-. The predicted octanol–water partition coefficient (Wildman–Crippen LogP) is 20.0. The maximum absolute atomic E-state index is 12.9. The van der Waals surface area contributed by atoms with Crippen molar-refractivity contribution < 1.29 is 23.8 Å². The minimum Gasteiger partial charge on any atom is -0.462 e. The summed E-state index contributed by atoms with van der Waals surface area (Å²) in [5.41, 5.74) is 0. The van der Waals surface area contributed by atoms with Gasteiger partial charge in [-0.1, -0.05) is 260 Å². The molecule has 0 saturated carbocycles. The molecular formula is C63H110O5. The second kappa shape index (κ2) is 58.4. The van der Waals surface area contributed by atoms with Gasteiger partial charge in [0.2, 0.25) is 0 Å². The van der Waals surface area contributed by atoms with Crippen molar-refractivity contribution in [2.45, 2.75) is 284 Å². The first kappa shape index (κ1) is 65.1. The Morgan fingerprint density at radius 1 is 0.338 bits per heavy atom. The Labute approximate surface area is 422 Å². The number of rotatable bonds is 53. The number of unbranched alkanes of at least 4 members (excludes halogenated alkanes) is 28. The molecule has 392 valence electrons. The molecule has 0 bridgehead atoms. The van der Waals surface area contributed by atoms with Crippen LogP contribution in [0, 0.1) is 0 Å². The fraction of sp³-hybridized carbons (Fsp3) is 0.746. The molecule has 0 aliphatic carbocycles. The average molecular weight is 948 g/mol. The maximum Gasteiger partial charge on any atom is 0.306 e. The number of esters is 2. The van der Waals surface area contributed by atoms with Crippen LogP contribution in [-0.4, -0.2) is 37.9 Å². The van der Waals surface area contributed by atoms with Gasteiger partial charge in [0.15, 0.2) is 6.10 Å². The highest BCUT2D eigenvalue weighted by Gasteiger charge is 2.17. The van der Waals surface area contributed by atoms with E-state index >= 15 is 0 Å². The first-order valence-electron chi connectivity index (χ1n) is 29.1. The molecule has 0 aliphatic rings. The Morgan fingerprint density at radius 3 is 1.13 bits per heavy atom. The van der Waals surface area contributed by atoms with E-state index in [2.05, 4.69) is 106 Å². The van der Waals surface area contributed by atoms with Gasteiger partial charge < -0.3 is 14.2 Å². The van der Waals surface area contributed by atoms with Gasteiger partial charge in [-0.15, -0.1) is 0 Å². The van der Waals surface area contributed by atoms with Crippen molar-refractivity contribution in [1.29, 1.82) is 0 Å². The molecule has 1 atom stereocenters. The molecule has 5 nitrogen and oxygen atoms in total. The Hall–Kier alpha value is -2.92. The number of carbonyl (C=O) groups excluding carboxylic acids is 2. The zero-order valence-electron chi connectivity index (χ0n) is 45.1. The predicted molar refractivity (Wildman–Crippen MR) is 297 cm³/mol. The highest BCUT2D eigenvalue weighted by Crippen LogP contribution is 2.16. The number of hydrogen-bond donors (Lipinski definition) is 0. The maximum atomic E-state index is 12.9. The van der Waals surface area contributed by atoms with Crippen LogP contribution in [0.4, 0.5) is 0 Å². The van der Waals surface area contributed by atoms with E-state index in [0.29, 0.717) is 19.4 Å². The van der Waals surface area contributed by atoms with Crippen LogP contribution >= 0.6 is 0 Å². The zero-order valence-corrected chi connectivity index (χ0v) is 45.1. The van der Waals surface area contributed by atoms with Gasteiger partial charge in [0.1, 0.15) is 6.61 Å². The molecule has 0 rings (SSSR count). The second-order valence-electron chi connectivity index (χ2n) is 19.2. The second-order valence-corrected chi connectivity index (χ2v) is 19.2. The van der Waals surface area contributed by atoms with E-state index in [1.54, 1.807) is 0 Å². The molecule has 0 aliphatic heterocycles. The lowest BCUT2D eigenvalue weighted by Gasteiger charge is -2.18. The molecule has 0 aromatic heterocycles. The van der Waals surface area contributed by atoms with Gasteiger partial charge in [0.25, 0.3) is 0 Å². The van der Waals surface area contributed by atoms with E-state index in [9.17, 15) is 9.59 Å². The molecular weight excluding hydrogens is 837 g/mol. The Kier molecular flexibility index (Phi) is 55.9. The van der Waals surface area contributed by atoms with E-state index in [0.717, 1.165) is 83.5 Å². The third-order valence-corrected chi connectivity index (χ3v) is 12.4. The van der Waals surface area contributed by atoms with E-state index < -0.39 is 6.10 Å². The summed E-state index contributed by atoms with van der Waals surface area (Å²) in [7, 11) is 0. The largest absolute Gasteiger partial charge is 0.462 e. The summed E-state index contributed by atoms with van der Waals surface area (Å²) in [5.74, 6) is -0.466. The van der Waals surface area contributed by atoms with Gasteiger partial charge in [-0.2, -0.15) is 0 Å². The topological polar surface area (TPSA) is 61.8 Å². The van der Waals surface area contributed by atoms with Crippen LogP contribution in [0.15, 0.2) is 85.1 Å². The van der Waals surface area contributed by atoms with Gasteiger partial charge >= 0.3 is 11.9 Å². The van der Waals surface area contributed by atoms with Gasteiger partial charge in [0.05, 0.1) is 6.61 Å². The highest BCUT2D eigenvalue weighted by atomic mass is 16.6. The Balaban J connectivity index is 4.36. The molecule has 1 unspecified atom stereocenters. The minimum absolute atomic E-state index is 0.0519. The third kappa shape index (κ3) is 55.7. The average Bonchev–Trinajstić information content (AvgIpc) is 3.34. The molecule has 68 heavy (non-hydrogen) atoms. The van der Waals surface area contributed by atoms with Gasteiger partial charge in [0, 0.05) is 19.4 Å². The molecule has 5 heteroatoms. The number of carbonyl (C=O) groups is 2. The van der Waals surface area contributed by atoms with Gasteiger partial charge in [-0.05, 0) is 89.9 Å². The molecule has 0 fully saturated rings. The summed E-state index contributed by atoms with van der Waals surface area (Å²) in [6.45, 7) is 7.66. The van der Waals surface area contributed by atoms with Crippen LogP contribution < -0.4 is 0 Å². The van der Waals surface area contributed by atoms with Gasteiger partial charge in [-0.3, -0.25) is 9.59 Å². The van der Waals surface area contributed by atoms with Crippen molar-refractivity contribution >= 4 is 11.9 Å². The summed E-state index contributed by atoms with van der Waals surface area (Å²) in [4.78, 5) is 25.5. The number of allylic oxidation sites excluding steroid dienone is 14. The smallest absolute Gasteiger partial charge is 0.306 e. The summed E-state index contributed by atoms with van der Waals surface area (Å²) in [6, 6.07) is 0. The third-order valence-electron chi connectivity index (χ3n) is 12.4. The number of ether oxygens (including phenoxy) is 3. The lowest BCUT2D eigenvalue weighted by atomic mass is 10.0. The first-order chi connectivity index (χ1) is 33.6. The fourth-order valence-corrected chi connectivity index (χ4v) is 8.11. The molecule has 0 heterocycles. The van der Waals surface area contributed by atoms with Gasteiger partial charge in [-0.25, -0.2) is 0 Å². The van der Waals surface area contributed by atoms with Crippen molar-refractivity contribution in [3.05, 3.63) is 85.1 Å². The first-order valence-corrected chi connectivity index (χ1v) is 29.1. The van der Waals surface area contributed by atoms with Crippen molar-refractivity contribution in [3.63, 3.8) is 0 Å². The van der Waals surface area contributed by atoms with Crippen LogP contribution in [0.25, 0.3) is 0 Å². The molecule has 0 amide bonds. The molecule has 0 N–H and O–H groups in total. The quantitative estimate of drug-likeness (QED) is 0.0345. The summed E-state index contributed by atoms with van der Waals surface area (Å²) >= 11 is 0. The summed E-state index contributed by atoms with van der Waals surface area (Å²) in [6.07, 6.45) is 77.5. The summed E-state index contributed by atoms with van der Waals surface area (Å²) < 4.78 is 17.4. The van der Waals surface area contributed by atoms with Crippen LogP contribution in [0.5, 0.6) is 0 Å². The van der Waals surface area contributed by atoms with Crippen molar-refractivity contribution in [2.24, 2.45) is 0 Å². The normalized spacial score (nSPS) is 12.8. The van der Waals surface area contributed by atoms with Crippen LogP contribution in [0.2, 0.25) is 0 Å². The van der Waals surface area contributed by atoms with Crippen molar-refractivity contribution in [1.82, 2.24) is 0 Å². The van der Waals surface area contributed by atoms with Crippen LogP contribution in [-0.2, 0) is 23.8 Å². The Bertz CT molecular complexity index is 1250. The fourth-order valence-electron chi connectivity index (χ4n) is 8.11. The van der Waals surface area contributed by atoms with Crippen molar-refractivity contribution in [3.8, 4) is 0 Å². The van der Waals surface area contributed by atoms with Crippen LogP contribution in [0.3, 0.4) is 0 Å². The molecule has 0 radical (unpaired) electrons. The lowest BCUT2D eigenvalue weighted by molar-refractivity contribution is -0.163. The molecule has 0 aromatic carbocycles. The SMILES string of the molecule is CC/C=C\C/C=C\C/C=C\C/C=C\C/C=C\CCCC(=O)OCC(COCCCCCCCCCCCCCCCCCCCC)OC(=O)CCCCCCCCC/C=C\C/C=C\CCCCC. The number of hydrogen-bond acceptors (Lipinski definition) is 5. The molecule has 0 spiro atoms. The lowest BCUT2D eigenvalue weighted by Crippen LogP contribution is -2.30. The van der Waals surface area contributed by atoms with Crippen molar-refractivity contribution in [2.75, 3.05) is 19.8 Å². The molecule has 0 aromatic rings.